The summed E-state index contributed by atoms with van der Waals surface area (Å²) >= 11 is 0. The Bertz CT molecular complexity index is 548. The van der Waals surface area contributed by atoms with Crippen LogP contribution in [0, 0.1) is 0 Å². The second-order valence-corrected chi connectivity index (χ2v) is 3.46. The Balaban J connectivity index is 2.15. The fraction of sp³-hybridized carbons (Fsp3) is 0.0909. The summed E-state index contributed by atoms with van der Waals surface area (Å²) in [5.41, 5.74) is 0.672. The van der Waals surface area contributed by atoms with Gasteiger partial charge in [-0.3, -0.25) is 4.79 Å². The lowest BCUT2D eigenvalue weighted by molar-refractivity contribution is -0.167. The number of rotatable bonds is 2. The van der Waals surface area contributed by atoms with Crippen molar-refractivity contribution in [1.82, 2.24) is 9.78 Å². The van der Waals surface area contributed by atoms with Crippen molar-refractivity contribution in [3.05, 3.63) is 42.7 Å². The maximum atomic E-state index is 12.0. The second-order valence-electron chi connectivity index (χ2n) is 3.46. The van der Waals surface area contributed by atoms with Gasteiger partial charge < -0.3 is 5.32 Å². The quantitative estimate of drug-likeness (QED) is 0.895. The molecule has 1 aromatic carbocycles. The Morgan fingerprint density at radius 2 is 1.89 bits per heavy atom. The van der Waals surface area contributed by atoms with Crippen LogP contribution in [0.2, 0.25) is 0 Å². The van der Waals surface area contributed by atoms with Crippen LogP contribution in [0.3, 0.4) is 0 Å². The first-order chi connectivity index (χ1) is 8.47. The summed E-state index contributed by atoms with van der Waals surface area (Å²) in [6, 6.07) is 8.82. The zero-order valence-corrected chi connectivity index (χ0v) is 8.98. The van der Waals surface area contributed by atoms with Crippen molar-refractivity contribution in [2.45, 2.75) is 6.18 Å². The molecule has 0 aliphatic rings. The van der Waals surface area contributed by atoms with Gasteiger partial charge in [0.05, 0.1) is 23.8 Å². The van der Waals surface area contributed by atoms with E-state index in [1.807, 2.05) is 0 Å². The van der Waals surface area contributed by atoms with E-state index in [1.54, 1.807) is 35.6 Å². The maximum Gasteiger partial charge on any atom is 0.471 e. The number of halogens is 3. The Kier molecular flexibility index (Phi) is 3.05. The Labute approximate surface area is 100 Å². The molecular formula is C11H8F3N3O. The summed E-state index contributed by atoms with van der Waals surface area (Å²) in [7, 11) is 0. The number of amides is 1. The van der Waals surface area contributed by atoms with E-state index in [0.29, 0.717) is 5.69 Å². The SMILES string of the molecule is O=C(Nc1cnn(-c2ccccc2)c1)C(F)(F)F. The Morgan fingerprint density at radius 3 is 2.50 bits per heavy atom. The molecule has 0 saturated heterocycles. The summed E-state index contributed by atoms with van der Waals surface area (Å²) in [4.78, 5) is 10.7. The molecule has 4 nitrogen and oxygen atoms in total. The summed E-state index contributed by atoms with van der Waals surface area (Å²) in [6.07, 6.45) is -2.45. The number of nitrogens with one attached hydrogen (secondary N) is 1. The van der Waals surface area contributed by atoms with Crippen LogP contribution in [0.15, 0.2) is 42.7 Å². The van der Waals surface area contributed by atoms with Crippen LogP contribution < -0.4 is 5.32 Å². The zero-order chi connectivity index (χ0) is 13.2. The van der Waals surface area contributed by atoms with Crippen molar-refractivity contribution in [2.75, 3.05) is 5.32 Å². The molecule has 1 aromatic heterocycles. The molecule has 1 amide bonds. The van der Waals surface area contributed by atoms with E-state index in [2.05, 4.69) is 5.10 Å². The molecule has 0 atom stereocenters. The third-order valence-electron chi connectivity index (χ3n) is 2.12. The van der Waals surface area contributed by atoms with Crippen LogP contribution in [-0.4, -0.2) is 21.9 Å². The number of carbonyl (C=O) groups excluding carboxylic acids is 1. The van der Waals surface area contributed by atoms with Gasteiger partial charge in [-0.05, 0) is 12.1 Å². The van der Waals surface area contributed by atoms with Crippen molar-refractivity contribution in [3.8, 4) is 5.69 Å². The van der Waals surface area contributed by atoms with Gasteiger partial charge in [0.1, 0.15) is 0 Å². The van der Waals surface area contributed by atoms with Gasteiger partial charge in [0, 0.05) is 0 Å². The molecule has 0 fully saturated rings. The monoisotopic (exact) mass is 255 g/mol. The number of benzene rings is 1. The Morgan fingerprint density at radius 1 is 1.22 bits per heavy atom. The molecule has 0 radical (unpaired) electrons. The molecule has 0 aliphatic heterocycles. The predicted molar refractivity (Wildman–Crippen MR) is 58.2 cm³/mol. The average molecular weight is 255 g/mol. The molecule has 0 aliphatic carbocycles. The van der Waals surface area contributed by atoms with E-state index in [0.717, 1.165) is 6.20 Å². The van der Waals surface area contributed by atoms with Crippen LogP contribution in [0.4, 0.5) is 18.9 Å². The highest BCUT2D eigenvalue weighted by atomic mass is 19.4. The minimum absolute atomic E-state index is 0.0128. The van der Waals surface area contributed by atoms with Crippen LogP contribution >= 0.6 is 0 Å². The lowest BCUT2D eigenvalue weighted by Gasteiger charge is -2.05. The van der Waals surface area contributed by atoms with Crippen LogP contribution in [0.25, 0.3) is 5.69 Å². The van der Waals surface area contributed by atoms with Crippen LogP contribution in [0.5, 0.6) is 0 Å². The summed E-state index contributed by atoms with van der Waals surface area (Å²) in [5, 5.41) is 5.58. The van der Waals surface area contributed by atoms with Gasteiger partial charge in [0.15, 0.2) is 0 Å². The fourth-order valence-corrected chi connectivity index (χ4v) is 1.31. The van der Waals surface area contributed by atoms with Crippen molar-refractivity contribution in [2.24, 2.45) is 0 Å². The predicted octanol–water partition coefficient (Wildman–Crippen LogP) is 2.37. The maximum absolute atomic E-state index is 12.0. The number of alkyl halides is 3. The molecule has 18 heavy (non-hydrogen) atoms. The van der Waals surface area contributed by atoms with Gasteiger partial charge >= 0.3 is 12.1 Å². The van der Waals surface area contributed by atoms with E-state index in [1.165, 1.54) is 10.9 Å². The summed E-state index contributed by atoms with van der Waals surface area (Å²) in [5.74, 6) is -2.02. The zero-order valence-electron chi connectivity index (χ0n) is 8.98. The summed E-state index contributed by atoms with van der Waals surface area (Å²) < 4.78 is 37.4. The van der Waals surface area contributed by atoms with E-state index in [9.17, 15) is 18.0 Å². The van der Waals surface area contributed by atoms with Gasteiger partial charge in [-0.2, -0.15) is 18.3 Å². The van der Waals surface area contributed by atoms with Crippen molar-refractivity contribution >= 4 is 11.6 Å². The molecule has 0 unspecified atom stereocenters. The number of aromatic nitrogens is 2. The van der Waals surface area contributed by atoms with Gasteiger partial charge in [0.2, 0.25) is 0 Å². The van der Waals surface area contributed by atoms with Crippen LogP contribution in [-0.2, 0) is 4.79 Å². The van der Waals surface area contributed by atoms with Crippen molar-refractivity contribution in [3.63, 3.8) is 0 Å². The molecule has 1 N–H and O–H groups in total. The topological polar surface area (TPSA) is 46.9 Å². The standard InChI is InChI=1S/C11H8F3N3O/c12-11(13,14)10(18)16-8-6-15-17(7-8)9-4-2-1-3-5-9/h1-7H,(H,16,18). The van der Waals surface area contributed by atoms with E-state index in [-0.39, 0.29) is 5.69 Å². The minimum atomic E-state index is -4.91. The number of hydrogen-bond acceptors (Lipinski definition) is 2. The first-order valence-electron chi connectivity index (χ1n) is 4.95. The van der Waals surface area contributed by atoms with Crippen LogP contribution in [0.1, 0.15) is 0 Å². The molecule has 0 bridgehead atoms. The normalized spacial score (nSPS) is 11.3. The number of para-hydroxylation sites is 1. The largest absolute Gasteiger partial charge is 0.471 e. The Hall–Kier alpha value is -2.31. The first kappa shape index (κ1) is 12.2. The van der Waals surface area contributed by atoms with Crippen molar-refractivity contribution < 1.29 is 18.0 Å². The smallest absolute Gasteiger partial charge is 0.316 e. The highest BCUT2D eigenvalue weighted by Gasteiger charge is 2.38. The summed E-state index contributed by atoms with van der Waals surface area (Å²) in [6.45, 7) is 0. The van der Waals surface area contributed by atoms with Gasteiger partial charge in [-0.25, -0.2) is 4.68 Å². The lowest BCUT2D eigenvalue weighted by Crippen LogP contribution is -2.29. The minimum Gasteiger partial charge on any atom is -0.316 e. The van der Waals surface area contributed by atoms with Crippen molar-refractivity contribution in [1.29, 1.82) is 0 Å². The van der Waals surface area contributed by atoms with Gasteiger partial charge in [0.25, 0.3) is 0 Å². The van der Waals surface area contributed by atoms with E-state index in [4.69, 9.17) is 0 Å². The number of carbonyl (C=O) groups is 1. The first-order valence-corrected chi connectivity index (χ1v) is 4.95. The number of anilines is 1. The van der Waals surface area contributed by atoms with E-state index < -0.39 is 12.1 Å². The molecule has 0 spiro atoms. The average Bonchev–Trinajstić information content (AvgIpc) is 2.77. The highest BCUT2D eigenvalue weighted by Crippen LogP contribution is 2.18. The number of nitrogens with zero attached hydrogens (tertiary/aromatic N) is 2. The molecule has 2 rings (SSSR count). The van der Waals surface area contributed by atoms with Gasteiger partial charge in [-0.15, -0.1) is 0 Å². The third kappa shape index (κ3) is 2.68. The molecular weight excluding hydrogens is 247 g/mol. The second kappa shape index (κ2) is 4.52. The van der Waals surface area contributed by atoms with E-state index >= 15 is 0 Å². The number of hydrogen-bond donors (Lipinski definition) is 1. The molecule has 1 heterocycles. The highest BCUT2D eigenvalue weighted by molar-refractivity contribution is 5.94. The molecule has 94 valence electrons. The molecule has 0 saturated carbocycles. The van der Waals surface area contributed by atoms with Gasteiger partial charge in [-0.1, -0.05) is 18.2 Å². The lowest BCUT2D eigenvalue weighted by atomic mass is 10.3. The molecule has 7 heteroatoms. The molecule has 2 aromatic rings. The third-order valence-corrected chi connectivity index (χ3v) is 2.12. The fourth-order valence-electron chi connectivity index (χ4n) is 1.31.